The summed E-state index contributed by atoms with van der Waals surface area (Å²) in [5.41, 5.74) is 0.975. The highest BCUT2D eigenvalue weighted by Gasteiger charge is 2.33. The normalized spacial score (nSPS) is 19.8. The smallest absolute Gasteiger partial charge is 0.295 e. The summed E-state index contributed by atoms with van der Waals surface area (Å²) >= 11 is 3.36. The van der Waals surface area contributed by atoms with Gasteiger partial charge in [0.2, 0.25) is 5.91 Å². The van der Waals surface area contributed by atoms with Crippen LogP contribution in [-0.4, -0.2) is 22.2 Å². The molecule has 0 N–H and O–H groups in total. The van der Waals surface area contributed by atoms with E-state index in [2.05, 4.69) is 15.9 Å². The molecule has 1 fully saturated rings. The number of aryl methyl sites for hydroxylation is 1. The van der Waals surface area contributed by atoms with Crippen LogP contribution in [0.2, 0.25) is 0 Å². The first-order valence-corrected chi connectivity index (χ1v) is 6.10. The highest BCUT2D eigenvalue weighted by Crippen LogP contribution is 2.34. The minimum Gasteiger partial charge on any atom is -0.305 e. The van der Waals surface area contributed by atoms with E-state index in [0.717, 1.165) is 0 Å². The molecule has 1 aromatic carbocycles. The second-order valence-corrected chi connectivity index (χ2v) is 5.30. The Morgan fingerprint density at radius 2 is 2.24 bits per heavy atom. The molecule has 1 atom stereocenters. The molecule has 0 spiro atoms. The molecule has 90 valence electrons. The van der Waals surface area contributed by atoms with Gasteiger partial charge >= 0.3 is 0 Å². The summed E-state index contributed by atoms with van der Waals surface area (Å²) < 4.78 is 0. The van der Waals surface area contributed by atoms with E-state index < -0.39 is 4.92 Å². The molecule has 1 aromatic rings. The van der Waals surface area contributed by atoms with Crippen molar-refractivity contribution in [1.29, 1.82) is 0 Å². The third-order valence-electron chi connectivity index (χ3n) is 2.77. The average molecular weight is 299 g/mol. The van der Waals surface area contributed by atoms with Crippen molar-refractivity contribution < 1.29 is 9.72 Å². The maximum atomic E-state index is 11.7. The van der Waals surface area contributed by atoms with Gasteiger partial charge in [-0.05, 0) is 13.0 Å². The van der Waals surface area contributed by atoms with Gasteiger partial charge in [0.05, 0.1) is 4.92 Å². The number of amides is 1. The zero-order valence-corrected chi connectivity index (χ0v) is 10.8. The van der Waals surface area contributed by atoms with E-state index in [1.165, 1.54) is 4.90 Å². The fourth-order valence-corrected chi connectivity index (χ4v) is 2.56. The second kappa shape index (κ2) is 4.44. The van der Waals surface area contributed by atoms with Crippen molar-refractivity contribution in [3.8, 4) is 0 Å². The van der Waals surface area contributed by atoms with Gasteiger partial charge in [-0.1, -0.05) is 28.1 Å². The number of anilines is 1. The molecule has 1 amide bonds. The number of rotatable bonds is 2. The number of carbonyl (C=O) groups is 1. The Balaban J connectivity index is 2.49. The number of alkyl halides is 1. The largest absolute Gasteiger partial charge is 0.305 e. The molecule has 0 radical (unpaired) electrons. The maximum absolute atomic E-state index is 11.7. The molecular formula is C11H11BrN2O3. The molecular weight excluding hydrogens is 288 g/mol. The third kappa shape index (κ3) is 2.17. The quantitative estimate of drug-likeness (QED) is 0.478. The van der Waals surface area contributed by atoms with Crippen LogP contribution in [0.5, 0.6) is 0 Å². The van der Waals surface area contributed by atoms with E-state index in [1.54, 1.807) is 25.1 Å². The molecule has 0 bridgehead atoms. The average Bonchev–Trinajstić information content (AvgIpc) is 2.56. The third-order valence-corrected chi connectivity index (χ3v) is 3.38. The predicted octanol–water partition coefficient (Wildman–Crippen LogP) is 2.40. The van der Waals surface area contributed by atoms with Crippen molar-refractivity contribution in [3.63, 3.8) is 0 Å². The van der Waals surface area contributed by atoms with Gasteiger partial charge in [-0.25, -0.2) is 0 Å². The Morgan fingerprint density at radius 3 is 2.76 bits per heavy atom. The number of hydrogen-bond donors (Lipinski definition) is 0. The molecule has 1 saturated heterocycles. The summed E-state index contributed by atoms with van der Waals surface area (Å²) in [6, 6.07) is 5.02. The molecule has 1 aliphatic heterocycles. The van der Waals surface area contributed by atoms with E-state index in [0.29, 0.717) is 24.2 Å². The summed E-state index contributed by atoms with van der Waals surface area (Å²) in [7, 11) is 0. The van der Waals surface area contributed by atoms with Gasteiger partial charge in [-0.2, -0.15) is 0 Å². The number of nitrogens with zero attached hydrogens (tertiary/aromatic N) is 2. The number of carbonyl (C=O) groups excluding carboxylic acids is 1. The maximum Gasteiger partial charge on any atom is 0.295 e. The van der Waals surface area contributed by atoms with Crippen LogP contribution in [0.25, 0.3) is 0 Å². The van der Waals surface area contributed by atoms with E-state index in [9.17, 15) is 14.9 Å². The summed E-state index contributed by atoms with van der Waals surface area (Å²) in [4.78, 5) is 23.9. The minimum atomic E-state index is -0.431. The molecule has 1 heterocycles. The van der Waals surface area contributed by atoms with E-state index in [-0.39, 0.29) is 16.4 Å². The van der Waals surface area contributed by atoms with Gasteiger partial charge in [0, 0.05) is 23.4 Å². The van der Waals surface area contributed by atoms with Crippen LogP contribution in [-0.2, 0) is 4.79 Å². The summed E-state index contributed by atoms with van der Waals surface area (Å²) in [5, 5.41) is 11.0. The van der Waals surface area contributed by atoms with Crippen LogP contribution in [0.1, 0.15) is 12.0 Å². The molecule has 5 nitrogen and oxygen atoms in total. The lowest BCUT2D eigenvalue weighted by molar-refractivity contribution is -0.384. The van der Waals surface area contributed by atoms with Gasteiger partial charge in [0.25, 0.3) is 5.69 Å². The van der Waals surface area contributed by atoms with Crippen molar-refractivity contribution in [2.24, 2.45) is 0 Å². The van der Waals surface area contributed by atoms with Gasteiger partial charge in [-0.15, -0.1) is 0 Å². The van der Waals surface area contributed by atoms with Crippen molar-refractivity contribution in [2.45, 2.75) is 18.2 Å². The molecule has 0 aliphatic carbocycles. The number of nitro groups is 1. The lowest BCUT2D eigenvalue weighted by Gasteiger charge is -2.16. The highest BCUT2D eigenvalue weighted by molar-refractivity contribution is 9.09. The first-order chi connectivity index (χ1) is 8.00. The number of hydrogen-bond acceptors (Lipinski definition) is 3. The predicted molar refractivity (Wildman–Crippen MR) is 67.5 cm³/mol. The Labute approximate surface area is 107 Å². The van der Waals surface area contributed by atoms with Gasteiger partial charge < -0.3 is 4.90 Å². The van der Waals surface area contributed by atoms with Crippen molar-refractivity contribution in [1.82, 2.24) is 0 Å². The monoisotopic (exact) mass is 298 g/mol. The fraction of sp³-hybridized carbons (Fsp3) is 0.364. The standard InChI is InChI=1S/C11H11BrN2O3/c1-7-3-2-4-9(11(7)14(16)17)13-6-8(12)5-10(13)15/h2-4,8H,5-6H2,1H3. The van der Waals surface area contributed by atoms with E-state index in [1.807, 2.05) is 0 Å². The lowest BCUT2D eigenvalue weighted by atomic mass is 10.1. The fourth-order valence-electron chi connectivity index (χ4n) is 2.00. The van der Waals surface area contributed by atoms with E-state index >= 15 is 0 Å². The summed E-state index contributed by atoms with van der Waals surface area (Å²) in [6.45, 7) is 2.15. The zero-order valence-electron chi connectivity index (χ0n) is 9.22. The molecule has 2 rings (SSSR count). The molecule has 17 heavy (non-hydrogen) atoms. The van der Waals surface area contributed by atoms with Crippen LogP contribution in [0.15, 0.2) is 18.2 Å². The van der Waals surface area contributed by atoms with Gasteiger partial charge in [-0.3, -0.25) is 14.9 Å². The van der Waals surface area contributed by atoms with Crippen LogP contribution in [0, 0.1) is 17.0 Å². The second-order valence-electron chi connectivity index (χ2n) is 4.01. The number of para-hydroxylation sites is 1. The Hall–Kier alpha value is -1.43. The zero-order chi connectivity index (χ0) is 12.6. The molecule has 1 unspecified atom stereocenters. The lowest BCUT2D eigenvalue weighted by Crippen LogP contribution is -2.25. The van der Waals surface area contributed by atoms with Crippen LogP contribution >= 0.6 is 15.9 Å². The first-order valence-electron chi connectivity index (χ1n) is 5.19. The number of nitro benzene ring substituents is 1. The minimum absolute atomic E-state index is 0.0162. The Morgan fingerprint density at radius 1 is 1.53 bits per heavy atom. The number of benzene rings is 1. The number of halogens is 1. The molecule has 1 aliphatic rings. The first kappa shape index (κ1) is 12.0. The van der Waals surface area contributed by atoms with E-state index in [4.69, 9.17) is 0 Å². The molecule has 0 aromatic heterocycles. The molecule has 0 saturated carbocycles. The van der Waals surface area contributed by atoms with Crippen molar-refractivity contribution >= 4 is 33.2 Å². The topological polar surface area (TPSA) is 63.5 Å². The van der Waals surface area contributed by atoms with Crippen LogP contribution < -0.4 is 4.90 Å². The summed E-state index contributed by atoms with van der Waals surface area (Å²) in [6.07, 6.45) is 0.380. The Bertz CT molecular complexity index is 490. The van der Waals surface area contributed by atoms with Crippen molar-refractivity contribution in [3.05, 3.63) is 33.9 Å². The molecule has 6 heteroatoms. The highest BCUT2D eigenvalue weighted by atomic mass is 79.9. The van der Waals surface area contributed by atoms with Crippen molar-refractivity contribution in [2.75, 3.05) is 11.4 Å². The van der Waals surface area contributed by atoms with Crippen LogP contribution in [0.3, 0.4) is 0 Å². The van der Waals surface area contributed by atoms with Crippen LogP contribution in [0.4, 0.5) is 11.4 Å². The van der Waals surface area contributed by atoms with Gasteiger partial charge in [0.1, 0.15) is 5.69 Å². The summed E-state index contributed by atoms with van der Waals surface area (Å²) in [5.74, 6) is -0.0828. The Kier molecular flexibility index (Phi) is 3.15. The SMILES string of the molecule is Cc1cccc(N2CC(Br)CC2=O)c1[N+](=O)[O-]. The van der Waals surface area contributed by atoms with Gasteiger partial charge in [0.15, 0.2) is 0 Å².